The van der Waals surface area contributed by atoms with Gasteiger partial charge in [0.2, 0.25) is 0 Å². The first-order chi connectivity index (χ1) is 7.63. The minimum absolute atomic E-state index is 0.197. The van der Waals surface area contributed by atoms with E-state index in [0.29, 0.717) is 10.9 Å². The number of hydrogen-bond acceptors (Lipinski definition) is 1. The second-order valence-electron chi connectivity index (χ2n) is 4.01. The Morgan fingerprint density at radius 2 is 1.94 bits per heavy atom. The molecule has 0 saturated heterocycles. The molecule has 0 saturated carbocycles. The standard InChI is InChI=1S/C13H19ClFN/c1-4-9(5-2)13(16-3)11-7-6-10(15)8-12(11)14/h6-9,13,16H,4-5H2,1-3H3. The quantitative estimate of drug-likeness (QED) is 0.818. The van der Waals surface area contributed by atoms with Crippen LogP contribution in [0, 0.1) is 11.7 Å². The number of benzene rings is 1. The summed E-state index contributed by atoms with van der Waals surface area (Å²) in [5.74, 6) is 0.237. The maximum Gasteiger partial charge on any atom is 0.124 e. The minimum atomic E-state index is -0.284. The van der Waals surface area contributed by atoms with E-state index in [4.69, 9.17) is 11.6 Å². The van der Waals surface area contributed by atoms with E-state index >= 15 is 0 Å². The predicted octanol–water partition coefficient (Wildman–Crippen LogP) is 4.18. The van der Waals surface area contributed by atoms with Crippen LogP contribution >= 0.6 is 11.6 Å². The van der Waals surface area contributed by atoms with Gasteiger partial charge in [-0.2, -0.15) is 0 Å². The van der Waals surface area contributed by atoms with Gasteiger partial charge in [-0.15, -0.1) is 0 Å². The Morgan fingerprint density at radius 1 is 1.31 bits per heavy atom. The van der Waals surface area contributed by atoms with Gasteiger partial charge in [-0.3, -0.25) is 0 Å². The van der Waals surface area contributed by atoms with Crippen LogP contribution in [0.25, 0.3) is 0 Å². The molecule has 0 aliphatic carbocycles. The van der Waals surface area contributed by atoms with Crippen molar-refractivity contribution in [2.45, 2.75) is 32.7 Å². The molecular weight excluding hydrogens is 225 g/mol. The van der Waals surface area contributed by atoms with Crippen molar-refractivity contribution in [2.24, 2.45) is 5.92 Å². The molecule has 1 unspecified atom stereocenters. The lowest BCUT2D eigenvalue weighted by Gasteiger charge is -2.26. The fourth-order valence-corrected chi connectivity index (χ4v) is 2.44. The Kier molecular flexibility index (Phi) is 5.23. The molecule has 0 aliphatic heterocycles. The Bertz CT molecular complexity index is 337. The zero-order valence-corrected chi connectivity index (χ0v) is 10.8. The third-order valence-corrected chi connectivity index (χ3v) is 3.46. The Hall–Kier alpha value is -0.600. The summed E-state index contributed by atoms with van der Waals surface area (Å²) in [6, 6.07) is 4.82. The van der Waals surface area contributed by atoms with Crippen LogP contribution in [0.3, 0.4) is 0 Å². The third kappa shape index (κ3) is 2.96. The van der Waals surface area contributed by atoms with Crippen molar-refractivity contribution < 1.29 is 4.39 Å². The van der Waals surface area contributed by atoms with Crippen molar-refractivity contribution in [3.63, 3.8) is 0 Å². The van der Waals surface area contributed by atoms with Crippen molar-refractivity contribution >= 4 is 11.6 Å². The maximum atomic E-state index is 13.0. The van der Waals surface area contributed by atoms with Crippen LogP contribution in [-0.2, 0) is 0 Å². The van der Waals surface area contributed by atoms with Crippen molar-refractivity contribution in [2.75, 3.05) is 7.05 Å². The lowest BCUT2D eigenvalue weighted by molar-refractivity contribution is 0.359. The van der Waals surface area contributed by atoms with E-state index in [1.54, 1.807) is 6.07 Å². The largest absolute Gasteiger partial charge is 0.313 e. The number of hydrogen-bond donors (Lipinski definition) is 1. The zero-order valence-electron chi connectivity index (χ0n) is 10.1. The van der Waals surface area contributed by atoms with Crippen molar-refractivity contribution in [1.82, 2.24) is 5.32 Å². The Morgan fingerprint density at radius 3 is 2.38 bits per heavy atom. The highest BCUT2D eigenvalue weighted by Crippen LogP contribution is 2.31. The average Bonchev–Trinajstić information content (AvgIpc) is 2.27. The van der Waals surface area contributed by atoms with Crippen LogP contribution in [-0.4, -0.2) is 7.05 Å². The first kappa shape index (κ1) is 13.5. The van der Waals surface area contributed by atoms with Crippen molar-refractivity contribution in [3.05, 3.63) is 34.6 Å². The first-order valence-electron chi connectivity index (χ1n) is 5.76. The van der Waals surface area contributed by atoms with Gasteiger partial charge < -0.3 is 5.32 Å². The van der Waals surface area contributed by atoms with E-state index in [9.17, 15) is 4.39 Å². The van der Waals surface area contributed by atoms with E-state index < -0.39 is 0 Å². The number of nitrogens with one attached hydrogen (secondary N) is 1. The lowest BCUT2D eigenvalue weighted by Crippen LogP contribution is -2.24. The van der Waals surface area contributed by atoms with Crippen LogP contribution in [0.5, 0.6) is 0 Å². The van der Waals surface area contributed by atoms with Gasteiger partial charge in [-0.05, 0) is 30.7 Å². The van der Waals surface area contributed by atoms with E-state index in [1.807, 2.05) is 7.05 Å². The Labute approximate surface area is 102 Å². The fraction of sp³-hybridized carbons (Fsp3) is 0.538. The second-order valence-corrected chi connectivity index (χ2v) is 4.42. The molecule has 1 rings (SSSR count). The molecule has 0 fully saturated rings. The molecule has 0 aromatic heterocycles. The van der Waals surface area contributed by atoms with Crippen molar-refractivity contribution in [1.29, 1.82) is 0 Å². The van der Waals surface area contributed by atoms with E-state index in [2.05, 4.69) is 19.2 Å². The maximum absolute atomic E-state index is 13.0. The minimum Gasteiger partial charge on any atom is -0.313 e. The molecule has 0 heterocycles. The van der Waals surface area contributed by atoms with E-state index in [0.717, 1.165) is 18.4 Å². The summed E-state index contributed by atoms with van der Waals surface area (Å²) < 4.78 is 13.0. The number of rotatable bonds is 5. The molecule has 0 amide bonds. The molecule has 1 aromatic carbocycles. The van der Waals surface area contributed by atoms with Crippen LogP contribution in [0.2, 0.25) is 5.02 Å². The summed E-state index contributed by atoms with van der Waals surface area (Å²) in [4.78, 5) is 0. The molecule has 1 atom stereocenters. The molecule has 0 spiro atoms. The van der Waals surface area contributed by atoms with Crippen LogP contribution in [0.4, 0.5) is 4.39 Å². The molecule has 1 nitrogen and oxygen atoms in total. The molecular formula is C13H19ClFN. The summed E-state index contributed by atoms with van der Waals surface area (Å²) in [7, 11) is 1.92. The van der Waals surface area contributed by atoms with Crippen molar-refractivity contribution in [3.8, 4) is 0 Å². The highest BCUT2D eigenvalue weighted by atomic mass is 35.5. The summed E-state index contributed by atoms with van der Waals surface area (Å²) in [6.45, 7) is 4.33. The molecule has 16 heavy (non-hydrogen) atoms. The van der Waals surface area contributed by atoms with Crippen LogP contribution in [0.1, 0.15) is 38.3 Å². The smallest absolute Gasteiger partial charge is 0.124 e. The lowest BCUT2D eigenvalue weighted by atomic mass is 9.89. The molecule has 0 aliphatic rings. The molecule has 3 heteroatoms. The number of halogens is 2. The van der Waals surface area contributed by atoms with Gasteiger partial charge in [0.15, 0.2) is 0 Å². The van der Waals surface area contributed by atoms with Gasteiger partial charge in [0.25, 0.3) is 0 Å². The van der Waals surface area contributed by atoms with Gasteiger partial charge in [0, 0.05) is 11.1 Å². The van der Waals surface area contributed by atoms with Gasteiger partial charge in [-0.1, -0.05) is 44.4 Å². The molecule has 1 aromatic rings. The van der Waals surface area contributed by atoms with Gasteiger partial charge in [-0.25, -0.2) is 4.39 Å². The monoisotopic (exact) mass is 243 g/mol. The predicted molar refractivity (Wildman–Crippen MR) is 67.3 cm³/mol. The molecule has 1 N–H and O–H groups in total. The van der Waals surface area contributed by atoms with E-state index in [1.165, 1.54) is 12.1 Å². The van der Waals surface area contributed by atoms with Gasteiger partial charge in [0.1, 0.15) is 5.82 Å². The van der Waals surface area contributed by atoms with E-state index in [-0.39, 0.29) is 11.9 Å². The third-order valence-electron chi connectivity index (χ3n) is 3.13. The Balaban J connectivity index is 3.03. The summed E-state index contributed by atoms with van der Waals surface area (Å²) in [6.07, 6.45) is 2.16. The average molecular weight is 244 g/mol. The summed E-state index contributed by atoms with van der Waals surface area (Å²) >= 11 is 6.08. The fourth-order valence-electron chi connectivity index (χ4n) is 2.16. The highest BCUT2D eigenvalue weighted by Gasteiger charge is 2.20. The summed E-state index contributed by atoms with van der Waals surface area (Å²) in [5.41, 5.74) is 0.985. The van der Waals surface area contributed by atoms with Crippen LogP contribution < -0.4 is 5.32 Å². The summed E-state index contributed by atoms with van der Waals surface area (Å²) in [5, 5.41) is 3.78. The van der Waals surface area contributed by atoms with Gasteiger partial charge >= 0.3 is 0 Å². The second kappa shape index (κ2) is 6.21. The van der Waals surface area contributed by atoms with Crippen LogP contribution in [0.15, 0.2) is 18.2 Å². The highest BCUT2D eigenvalue weighted by molar-refractivity contribution is 6.31. The molecule has 0 bridgehead atoms. The SMILES string of the molecule is CCC(CC)C(NC)c1ccc(F)cc1Cl. The topological polar surface area (TPSA) is 12.0 Å². The normalized spacial score (nSPS) is 13.1. The first-order valence-corrected chi connectivity index (χ1v) is 6.14. The molecule has 90 valence electrons. The van der Waals surface area contributed by atoms with Gasteiger partial charge in [0.05, 0.1) is 0 Å². The molecule has 0 radical (unpaired) electrons. The zero-order chi connectivity index (χ0) is 12.1.